The highest BCUT2D eigenvalue weighted by molar-refractivity contribution is 7.18. The normalized spacial score (nSPS) is 9.57. The lowest BCUT2D eigenvalue weighted by atomic mass is 10.5. The fourth-order valence-corrected chi connectivity index (χ4v) is 1.47. The molecule has 14 heavy (non-hydrogen) atoms. The van der Waals surface area contributed by atoms with Gasteiger partial charge in [-0.1, -0.05) is 0 Å². The van der Waals surface area contributed by atoms with E-state index in [0.29, 0.717) is 5.00 Å². The Kier molecular flexibility index (Phi) is 3.08. The van der Waals surface area contributed by atoms with E-state index in [1.165, 1.54) is 11.0 Å². The van der Waals surface area contributed by atoms with Crippen molar-refractivity contribution >= 4 is 28.3 Å². The summed E-state index contributed by atoms with van der Waals surface area (Å²) >= 11 is 1.03. The maximum Gasteiger partial charge on any atom is 0.345 e. The van der Waals surface area contributed by atoms with Crippen molar-refractivity contribution in [2.75, 3.05) is 19.4 Å². The van der Waals surface area contributed by atoms with Crippen LogP contribution in [0.4, 0.5) is 9.80 Å². The minimum atomic E-state index is -0.986. The van der Waals surface area contributed by atoms with Crippen LogP contribution in [0.15, 0.2) is 12.1 Å². The van der Waals surface area contributed by atoms with Crippen molar-refractivity contribution in [3.63, 3.8) is 0 Å². The van der Waals surface area contributed by atoms with Crippen LogP contribution in [0.25, 0.3) is 0 Å². The highest BCUT2D eigenvalue weighted by atomic mass is 32.1. The highest BCUT2D eigenvalue weighted by Crippen LogP contribution is 2.21. The Morgan fingerprint density at radius 1 is 1.43 bits per heavy atom. The third kappa shape index (κ3) is 2.46. The molecule has 0 atom stereocenters. The maximum absolute atomic E-state index is 11.2. The SMILES string of the molecule is CN(C)C(=O)Nc1ccc(C(=O)O)s1. The molecule has 1 aromatic heterocycles. The summed E-state index contributed by atoms with van der Waals surface area (Å²) in [6.45, 7) is 0. The Labute approximate surface area is 85.0 Å². The molecule has 0 aliphatic carbocycles. The van der Waals surface area contributed by atoms with Gasteiger partial charge in [0.25, 0.3) is 0 Å². The van der Waals surface area contributed by atoms with E-state index in [-0.39, 0.29) is 10.9 Å². The molecular formula is C8H10N2O3S. The number of aromatic carboxylic acids is 1. The number of hydrogen-bond donors (Lipinski definition) is 2. The number of carbonyl (C=O) groups is 2. The fraction of sp³-hybridized carbons (Fsp3) is 0.250. The number of carboxylic acid groups (broad SMARTS) is 1. The number of nitrogens with zero attached hydrogens (tertiary/aromatic N) is 1. The molecule has 0 aliphatic heterocycles. The van der Waals surface area contributed by atoms with Crippen molar-refractivity contribution in [3.05, 3.63) is 17.0 Å². The van der Waals surface area contributed by atoms with Crippen molar-refractivity contribution in [3.8, 4) is 0 Å². The summed E-state index contributed by atoms with van der Waals surface area (Å²) < 4.78 is 0. The van der Waals surface area contributed by atoms with Crippen LogP contribution in [-0.2, 0) is 0 Å². The number of urea groups is 1. The summed E-state index contributed by atoms with van der Waals surface area (Å²) in [5.41, 5.74) is 0. The first kappa shape index (κ1) is 10.5. The number of nitrogens with one attached hydrogen (secondary N) is 1. The van der Waals surface area contributed by atoms with Gasteiger partial charge in [0.05, 0.1) is 5.00 Å². The molecule has 0 spiro atoms. The van der Waals surface area contributed by atoms with E-state index in [1.54, 1.807) is 20.2 Å². The monoisotopic (exact) mass is 214 g/mol. The van der Waals surface area contributed by atoms with E-state index in [2.05, 4.69) is 5.32 Å². The van der Waals surface area contributed by atoms with Crippen molar-refractivity contribution in [1.29, 1.82) is 0 Å². The number of anilines is 1. The molecule has 0 saturated heterocycles. The molecule has 0 fully saturated rings. The molecule has 0 aromatic carbocycles. The Hall–Kier alpha value is -1.56. The molecular weight excluding hydrogens is 204 g/mol. The summed E-state index contributed by atoms with van der Waals surface area (Å²) in [7, 11) is 3.22. The molecule has 1 heterocycles. The minimum absolute atomic E-state index is 0.207. The van der Waals surface area contributed by atoms with Gasteiger partial charge >= 0.3 is 12.0 Å². The highest BCUT2D eigenvalue weighted by Gasteiger charge is 2.09. The predicted molar refractivity (Wildman–Crippen MR) is 54.0 cm³/mol. The Balaban J connectivity index is 2.69. The van der Waals surface area contributed by atoms with E-state index in [9.17, 15) is 9.59 Å². The summed E-state index contributed by atoms with van der Waals surface area (Å²) in [5, 5.41) is 11.7. The van der Waals surface area contributed by atoms with Crippen LogP contribution in [0.3, 0.4) is 0 Å². The molecule has 2 N–H and O–H groups in total. The predicted octanol–water partition coefficient (Wildman–Crippen LogP) is 1.54. The van der Waals surface area contributed by atoms with Gasteiger partial charge in [-0.15, -0.1) is 11.3 Å². The Bertz CT molecular complexity index is 359. The van der Waals surface area contributed by atoms with Crippen molar-refractivity contribution in [1.82, 2.24) is 4.90 Å². The zero-order chi connectivity index (χ0) is 10.7. The number of carbonyl (C=O) groups excluding carboxylic acids is 1. The van der Waals surface area contributed by atoms with E-state index in [0.717, 1.165) is 11.3 Å². The maximum atomic E-state index is 11.2. The summed E-state index contributed by atoms with van der Waals surface area (Å²) in [5.74, 6) is -0.986. The fourth-order valence-electron chi connectivity index (χ4n) is 0.737. The van der Waals surface area contributed by atoms with Gasteiger partial charge in [0, 0.05) is 14.1 Å². The largest absolute Gasteiger partial charge is 0.477 e. The van der Waals surface area contributed by atoms with Crippen molar-refractivity contribution < 1.29 is 14.7 Å². The average Bonchev–Trinajstić information content (AvgIpc) is 2.52. The van der Waals surface area contributed by atoms with Crippen LogP contribution >= 0.6 is 11.3 Å². The van der Waals surface area contributed by atoms with E-state index in [4.69, 9.17) is 5.11 Å². The number of thiophene rings is 1. The summed E-state index contributed by atoms with van der Waals surface area (Å²) in [6, 6.07) is 2.75. The van der Waals surface area contributed by atoms with Crippen LogP contribution in [0.1, 0.15) is 9.67 Å². The third-order valence-electron chi connectivity index (χ3n) is 1.45. The van der Waals surface area contributed by atoms with Crippen LogP contribution < -0.4 is 5.32 Å². The minimum Gasteiger partial charge on any atom is -0.477 e. The quantitative estimate of drug-likeness (QED) is 0.784. The molecule has 0 saturated carbocycles. The Morgan fingerprint density at radius 2 is 2.07 bits per heavy atom. The van der Waals surface area contributed by atoms with Gasteiger partial charge in [0.1, 0.15) is 4.88 Å². The van der Waals surface area contributed by atoms with Gasteiger partial charge < -0.3 is 10.0 Å². The third-order valence-corrected chi connectivity index (χ3v) is 2.44. The second-order valence-corrected chi connectivity index (χ2v) is 3.88. The lowest BCUT2D eigenvalue weighted by Gasteiger charge is -2.09. The van der Waals surface area contributed by atoms with E-state index >= 15 is 0 Å². The first-order valence-electron chi connectivity index (χ1n) is 3.82. The van der Waals surface area contributed by atoms with Crippen molar-refractivity contribution in [2.24, 2.45) is 0 Å². The van der Waals surface area contributed by atoms with Crippen LogP contribution in [0.2, 0.25) is 0 Å². The molecule has 0 radical (unpaired) electrons. The molecule has 0 aliphatic rings. The molecule has 1 aromatic rings. The lowest BCUT2D eigenvalue weighted by molar-refractivity contribution is 0.0702. The number of carboxylic acids is 1. The van der Waals surface area contributed by atoms with Crippen LogP contribution in [0.5, 0.6) is 0 Å². The summed E-state index contributed by atoms with van der Waals surface area (Å²) in [4.78, 5) is 23.3. The summed E-state index contributed by atoms with van der Waals surface area (Å²) in [6.07, 6.45) is 0. The van der Waals surface area contributed by atoms with Gasteiger partial charge in [-0.05, 0) is 12.1 Å². The molecule has 2 amide bonds. The van der Waals surface area contributed by atoms with Crippen LogP contribution in [-0.4, -0.2) is 36.1 Å². The van der Waals surface area contributed by atoms with Crippen molar-refractivity contribution in [2.45, 2.75) is 0 Å². The van der Waals surface area contributed by atoms with E-state index in [1.807, 2.05) is 0 Å². The number of hydrogen-bond acceptors (Lipinski definition) is 3. The second-order valence-electron chi connectivity index (χ2n) is 2.79. The first-order chi connectivity index (χ1) is 6.50. The zero-order valence-electron chi connectivity index (χ0n) is 7.77. The van der Waals surface area contributed by atoms with E-state index < -0.39 is 5.97 Å². The van der Waals surface area contributed by atoms with Gasteiger partial charge in [0.2, 0.25) is 0 Å². The topological polar surface area (TPSA) is 69.6 Å². The molecule has 76 valence electrons. The zero-order valence-corrected chi connectivity index (χ0v) is 8.59. The van der Waals surface area contributed by atoms with Gasteiger partial charge in [-0.25, -0.2) is 9.59 Å². The van der Waals surface area contributed by atoms with Gasteiger partial charge in [-0.3, -0.25) is 5.32 Å². The second kappa shape index (κ2) is 4.10. The van der Waals surface area contributed by atoms with Gasteiger partial charge in [0.15, 0.2) is 0 Å². The molecule has 0 unspecified atom stereocenters. The molecule has 0 bridgehead atoms. The number of rotatable bonds is 2. The van der Waals surface area contributed by atoms with Gasteiger partial charge in [-0.2, -0.15) is 0 Å². The average molecular weight is 214 g/mol. The number of amides is 2. The molecule has 6 heteroatoms. The lowest BCUT2D eigenvalue weighted by Crippen LogP contribution is -2.26. The standard InChI is InChI=1S/C8H10N2O3S/c1-10(2)8(13)9-6-4-3-5(14-6)7(11)12/h3-4H,1-2H3,(H,9,13)(H,11,12). The first-order valence-corrected chi connectivity index (χ1v) is 4.64. The van der Waals surface area contributed by atoms with Crippen LogP contribution in [0, 0.1) is 0 Å². The smallest absolute Gasteiger partial charge is 0.345 e. The molecule has 1 rings (SSSR count). The molecule has 5 nitrogen and oxygen atoms in total. The Morgan fingerprint density at radius 3 is 2.50 bits per heavy atom.